The van der Waals surface area contributed by atoms with Crippen molar-refractivity contribution in [2.45, 2.75) is 69.9 Å². The number of hydrogen-bond donors (Lipinski definition) is 3. The molecule has 2 unspecified atom stereocenters. The van der Waals surface area contributed by atoms with Crippen molar-refractivity contribution in [3.63, 3.8) is 0 Å². The van der Waals surface area contributed by atoms with Crippen LogP contribution in [0.1, 0.15) is 57.1 Å². The molecular formula is C20H32N2O3. The zero-order chi connectivity index (χ0) is 18.4. The van der Waals surface area contributed by atoms with Crippen molar-refractivity contribution in [1.82, 2.24) is 5.32 Å². The number of amides is 1. The largest absolute Gasteiger partial charge is 0.508 e. The summed E-state index contributed by atoms with van der Waals surface area (Å²) >= 11 is 0. The number of hydrogen-bond acceptors (Lipinski definition) is 4. The van der Waals surface area contributed by atoms with Gasteiger partial charge in [0, 0.05) is 31.4 Å². The predicted octanol–water partition coefficient (Wildman–Crippen LogP) is 2.63. The summed E-state index contributed by atoms with van der Waals surface area (Å²) in [5.74, 6) is 0.0781. The van der Waals surface area contributed by atoms with Crippen molar-refractivity contribution in [3.8, 4) is 5.75 Å². The van der Waals surface area contributed by atoms with Gasteiger partial charge in [-0.15, -0.1) is 0 Å². The van der Waals surface area contributed by atoms with E-state index >= 15 is 0 Å². The van der Waals surface area contributed by atoms with E-state index in [1.165, 1.54) is 11.1 Å². The van der Waals surface area contributed by atoms with Gasteiger partial charge in [0.2, 0.25) is 5.91 Å². The predicted molar refractivity (Wildman–Crippen MR) is 99.7 cm³/mol. The Hall–Kier alpha value is -1.59. The molecule has 0 heterocycles. The molecule has 25 heavy (non-hydrogen) atoms. The van der Waals surface area contributed by atoms with Gasteiger partial charge in [0.1, 0.15) is 5.75 Å². The highest BCUT2D eigenvalue weighted by atomic mass is 16.5. The second-order valence-corrected chi connectivity index (χ2v) is 7.04. The van der Waals surface area contributed by atoms with E-state index in [0.29, 0.717) is 12.2 Å². The first kappa shape index (κ1) is 19.7. The molecule has 0 saturated carbocycles. The number of carbonyl (C=O) groups is 1. The molecule has 2 rings (SSSR count). The molecule has 2 atom stereocenters. The fraction of sp³-hybridized carbons (Fsp3) is 0.650. The van der Waals surface area contributed by atoms with Crippen molar-refractivity contribution >= 4 is 5.91 Å². The third kappa shape index (κ3) is 4.15. The van der Waals surface area contributed by atoms with E-state index in [4.69, 9.17) is 10.5 Å². The lowest BCUT2D eigenvalue weighted by Gasteiger charge is -2.49. The average Bonchev–Trinajstić information content (AvgIpc) is 2.60. The molecule has 1 aliphatic carbocycles. The van der Waals surface area contributed by atoms with Gasteiger partial charge >= 0.3 is 0 Å². The third-order valence-electron chi connectivity index (χ3n) is 5.80. The van der Waals surface area contributed by atoms with Crippen LogP contribution in [-0.2, 0) is 21.4 Å². The van der Waals surface area contributed by atoms with Crippen molar-refractivity contribution in [1.29, 1.82) is 0 Å². The maximum Gasteiger partial charge on any atom is 0.217 e. The van der Waals surface area contributed by atoms with E-state index in [1.807, 2.05) is 12.1 Å². The molecule has 0 fully saturated rings. The summed E-state index contributed by atoms with van der Waals surface area (Å²) in [5.41, 5.74) is 7.64. The fourth-order valence-electron chi connectivity index (χ4n) is 4.36. The van der Waals surface area contributed by atoms with Gasteiger partial charge in [-0.05, 0) is 55.5 Å². The molecule has 1 aromatic carbocycles. The number of nitrogens with two attached hydrogens (primary N) is 1. The summed E-state index contributed by atoms with van der Waals surface area (Å²) in [6.45, 7) is 5.24. The van der Waals surface area contributed by atoms with E-state index in [-0.39, 0.29) is 23.5 Å². The molecule has 0 spiro atoms. The number of ether oxygens (including phenoxy) is 1. The van der Waals surface area contributed by atoms with Gasteiger partial charge in [-0.2, -0.15) is 0 Å². The number of benzene rings is 1. The highest BCUT2D eigenvalue weighted by Crippen LogP contribution is 2.44. The molecule has 5 nitrogen and oxygen atoms in total. The number of aromatic hydroxyl groups is 1. The highest BCUT2D eigenvalue weighted by molar-refractivity contribution is 5.73. The van der Waals surface area contributed by atoms with Crippen LogP contribution < -0.4 is 11.1 Å². The van der Waals surface area contributed by atoms with E-state index < -0.39 is 0 Å². The van der Waals surface area contributed by atoms with Crippen LogP contribution in [0, 0.1) is 0 Å². The molecule has 1 aromatic rings. The van der Waals surface area contributed by atoms with Gasteiger partial charge < -0.3 is 20.9 Å². The van der Waals surface area contributed by atoms with E-state index in [2.05, 4.69) is 19.2 Å². The number of unbranched alkanes of at least 4 members (excludes halogenated alkanes) is 1. The molecule has 140 valence electrons. The van der Waals surface area contributed by atoms with Crippen molar-refractivity contribution in [2.75, 3.05) is 13.7 Å². The van der Waals surface area contributed by atoms with Crippen molar-refractivity contribution in [2.24, 2.45) is 5.73 Å². The molecule has 0 saturated heterocycles. The lowest BCUT2D eigenvalue weighted by Crippen LogP contribution is -2.59. The lowest BCUT2D eigenvalue weighted by molar-refractivity contribution is -0.118. The topological polar surface area (TPSA) is 84.6 Å². The van der Waals surface area contributed by atoms with E-state index in [9.17, 15) is 9.90 Å². The Morgan fingerprint density at radius 1 is 1.36 bits per heavy atom. The molecule has 0 bridgehead atoms. The second kappa shape index (κ2) is 8.68. The van der Waals surface area contributed by atoms with Crippen LogP contribution in [0.4, 0.5) is 0 Å². The van der Waals surface area contributed by atoms with Gasteiger partial charge in [0.25, 0.3) is 0 Å². The number of phenolic OH excluding ortho intramolecular Hbond substituents is 1. The van der Waals surface area contributed by atoms with Crippen LogP contribution in [0.3, 0.4) is 0 Å². The standard InChI is InChI=1S/C20H32N2O3/c1-4-20(5-2)16-13-15(23)10-9-14(16)12-17(25-3)19(20)22-11-7-6-8-18(21)24/h9-10,13,17,19,22-23H,4-8,11-12H2,1-3H3,(H2,21,24). The summed E-state index contributed by atoms with van der Waals surface area (Å²) in [4.78, 5) is 10.9. The van der Waals surface area contributed by atoms with Crippen LogP contribution in [0.15, 0.2) is 18.2 Å². The minimum Gasteiger partial charge on any atom is -0.508 e. The Morgan fingerprint density at radius 3 is 2.68 bits per heavy atom. The summed E-state index contributed by atoms with van der Waals surface area (Å²) in [7, 11) is 1.77. The highest BCUT2D eigenvalue weighted by Gasteiger charge is 2.46. The summed E-state index contributed by atoms with van der Waals surface area (Å²) in [6, 6.07) is 5.89. The first-order chi connectivity index (χ1) is 12.0. The van der Waals surface area contributed by atoms with E-state index in [1.54, 1.807) is 13.2 Å². The zero-order valence-electron chi connectivity index (χ0n) is 15.7. The Labute approximate surface area is 150 Å². The Bertz CT molecular complexity index is 584. The monoisotopic (exact) mass is 348 g/mol. The average molecular weight is 348 g/mol. The number of rotatable bonds is 9. The summed E-state index contributed by atoms with van der Waals surface area (Å²) in [6.07, 6.45) is 5.02. The smallest absolute Gasteiger partial charge is 0.217 e. The third-order valence-corrected chi connectivity index (χ3v) is 5.80. The fourth-order valence-corrected chi connectivity index (χ4v) is 4.36. The van der Waals surface area contributed by atoms with Gasteiger partial charge in [0.15, 0.2) is 0 Å². The van der Waals surface area contributed by atoms with Crippen LogP contribution in [-0.4, -0.2) is 36.8 Å². The molecule has 1 aliphatic rings. The minimum absolute atomic E-state index is 0.0727. The number of fused-ring (bicyclic) bond motifs is 1. The van der Waals surface area contributed by atoms with Gasteiger partial charge in [0.05, 0.1) is 6.10 Å². The molecule has 0 aromatic heterocycles. The summed E-state index contributed by atoms with van der Waals surface area (Å²) in [5, 5.41) is 13.7. The molecule has 1 amide bonds. The SMILES string of the molecule is CCC1(CC)c2cc(O)ccc2CC(OC)C1NCCCCC(N)=O. The molecule has 0 radical (unpaired) electrons. The molecular weight excluding hydrogens is 316 g/mol. The first-order valence-corrected chi connectivity index (χ1v) is 9.35. The van der Waals surface area contributed by atoms with Crippen LogP contribution >= 0.6 is 0 Å². The number of nitrogens with one attached hydrogen (secondary N) is 1. The van der Waals surface area contributed by atoms with Gasteiger partial charge in [-0.1, -0.05) is 19.9 Å². The van der Waals surface area contributed by atoms with E-state index in [0.717, 1.165) is 38.6 Å². The number of phenols is 1. The lowest BCUT2D eigenvalue weighted by atomic mass is 9.62. The van der Waals surface area contributed by atoms with Crippen molar-refractivity contribution < 1.29 is 14.6 Å². The van der Waals surface area contributed by atoms with Crippen LogP contribution in [0.25, 0.3) is 0 Å². The molecule has 0 aliphatic heterocycles. The molecule has 5 heteroatoms. The number of carbonyl (C=O) groups excluding carboxylic acids is 1. The van der Waals surface area contributed by atoms with Gasteiger partial charge in [-0.3, -0.25) is 4.79 Å². The maximum atomic E-state index is 10.9. The maximum absolute atomic E-state index is 10.9. The molecule has 4 N–H and O–H groups in total. The zero-order valence-corrected chi connectivity index (χ0v) is 15.7. The summed E-state index contributed by atoms with van der Waals surface area (Å²) < 4.78 is 5.85. The first-order valence-electron chi connectivity index (χ1n) is 9.35. The normalized spacial score (nSPS) is 21.7. The minimum atomic E-state index is -0.242. The van der Waals surface area contributed by atoms with Gasteiger partial charge in [-0.25, -0.2) is 0 Å². The van der Waals surface area contributed by atoms with Crippen LogP contribution in [0.2, 0.25) is 0 Å². The Kier molecular flexibility index (Phi) is 6.85. The Morgan fingerprint density at radius 2 is 2.08 bits per heavy atom. The Balaban J connectivity index is 2.23. The second-order valence-electron chi connectivity index (χ2n) is 7.04. The number of methoxy groups -OCH3 is 1. The quantitative estimate of drug-likeness (QED) is 0.599. The van der Waals surface area contributed by atoms with Crippen LogP contribution in [0.5, 0.6) is 5.75 Å². The number of primary amides is 1. The van der Waals surface area contributed by atoms with Crippen molar-refractivity contribution in [3.05, 3.63) is 29.3 Å².